The Kier molecular flexibility index (Phi) is 5.69. The predicted molar refractivity (Wildman–Crippen MR) is 129 cm³/mol. The fourth-order valence-corrected chi connectivity index (χ4v) is 4.34. The molecular formula is C25H23ClFN5O2. The molecule has 1 aliphatic carbocycles. The third-order valence-electron chi connectivity index (χ3n) is 6.09. The number of rotatable bonds is 7. The normalized spacial score (nSPS) is 14.4. The molecule has 5 rings (SSSR count). The Morgan fingerprint density at radius 1 is 1.24 bits per heavy atom. The minimum absolute atomic E-state index is 0.0316. The number of carboxylic acids is 1. The number of aromatic carboxylic acids is 1. The lowest BCUT2D eigenvalue weighted by Gasteiger charge is -2.17. The molecule has 1 atom stereocenters. The van der Waals surface area contributed by atoms with E-state index in [0.717, 1.165) is 29.5 Å². The van der Waals surface area contributed by atoms with Crippen LogP contribution in [0.3, 0.4) is 0 Å². The van der Waals surface area contributed by atoms with Crippen LogP contribution in [-0.2, 0) is 6.54 Å². The van der Waals surface area contributed by atoms with E-state index in [0.29, 0.717) is 29.6 Å². The second kappa shape index (κ2) is 8.68. The Hall–Kier alpha value is -3.52. The molecule has 1 saturated carbocycles. The molecule has 0 radical (unpaired) electrons. The molecule has 0 saturated heterocycles. The van der Waals surface area contributed by atoms with E-state index in [1.165, 1.54) is 6.07 Å². The van der Waals surface area contributed by atoms with Crippen LogP contribution in [0, 0.1) is 18.7 Å². The number of anilines is 1. The summed E-state index contributed by atoms with van der Waals surface area (Å²) in [5, 5.41) is 13.0. The van der Waals surface area contributed by atoms with Crippen LogP contribution in [0.5, 0.6) is 0 Å². The first-order chi connectivity index (χ1) is 16.3. The van der Waals surface area contributed by atoms with Crippen LogP contribution in [0.25, 0.3) is 22.6 Å². The molecule has 174 valence electrons. The fourth-order valence-electron chi connectivity index (χ4n) is 4.14. The summed E-state index contributed by atoms with van der Waals surface area (Å²) >= 11 is 6.05. The lowest BCUT2D eigenvalue weighted by atomic mass is 10.1. The minimum atomic E-state index is -1.22. The van der Waals surface area contributed by atoms with Gasteiger partial charge < -0.3 is 15.0 Å². The number of nitrogens with one attached hydrogen (secondary N) is 1. The van der Waals surface area contributed by atoms with Gasteiger partial charge in [-0.15, -0.1) is 0 Å². The fraction of sp³-hybridized carbons (Fsp3) is 0.280. The zero-order valence-corrected chi connectivity index (χ0v) is 19.5. The van der Waals surface area contributed by atoms with Gasteiger partial charge in [0.15, 0.2) is 11.5 Å². The number of fused-ring (bicyclic) bond motifs is 1. The van der Waals surface area contributed by atoms with E-state index in [2.05, 4.69) is 22.2 Å². The number of hydrogen-bond donors (Lipinski definition) is 2. The largest absolute Gasteiger partial charge is 0.475 e. The van der Waals surface area contributed by atoms with Gasteiger partial charge >= 0.3 is 5.97 Å². The smallest absolute Gasteiger partial charge is 0.374 e. The number of carbonyl (C=O) groups is 1. The molecule has 2 aromatic carbocycles. The number of imidazole rings is 1. The van der Waals surface area contributed by atoms with Crippen LogP contribution in [0.1, 0.15) is 41.5 Å². The van der Waals surface area contributed by atoms with Gasteiger partial charge in [-0.25, -0.2) is 24.1 Å². The van der Waals surface area contributed by atoms with E-state index >= 15 is 0 Å². The predicted octanol–water partition coefficient (Wildman–Crippen LogP) is 5.55. The van der Waals surface area contributed by atoms with Crippen molar-refractivity contribution in [3.05, 3.63) is 70.3 Å². The topological polar surface area (TPSA) is 92.9 Å². The van der Waals surface area contributed by atoms with E-state index in [-0.39, 0.29) is 22.5 Å². The third-order valence-corrected chi connectivity index (χ3v) is 6.38. The molecule has 34 heavy (non-hydrogen) atoms. The summed E-state index contributed by atoms with van der Waals surface area (Å²) in [6.07, 6.45) is 2.24. The average Bonchev–Trinajstić information content (AvgIpc) is 3.58. The molecule has 2 N–H and O–H groups in total. The molecule has 2 aromatic heterocycles. The summed E-state index contributed by atoms with van der Waals surface area (Å²) in [6.45, 7) is 4.37. The molecular weight excluding hydrogens is 457 g/mol. The van der Waals surface area contributed by atoms with E-state index in [4.69, 9.17) is 16.6 Å². The van der Waals surface area contributed by atoms with Crippen molar-refractivity contribution in [1.82, 2.24) is 19.5 Å². The zero-order chi connectivity index (χ0) is 24.0. The molecule has 1 fully saturated rings. The number of aryl methyl sites for hydroxylation is 1. The van der Waals surface area contributed by atoms with E-state index < -0.39 is 11.8 Å². The molecule has 0 bridgehead atoms. The highest BCUT2D eigenvalue weighted by molar-refractivity contribution is 6.30. The molecule has 9 heteroatoms. The Morgan fingerprint density at radius 3 is 2.71 bits per heavy atom. The molecule has 0 aliphatic heterocycles. The first-order valence-corrected chi connectivity index (χ1v) is 11.5. The van der Waals surface area contributed by atoms with Gasteiger partial charge in [-0.2, -0.15) is 0 Å². The monoisotopic (exact) mass is 479 g/mol. The second-order valence-electron chi connectivity index (χ2n) is 8.78. The van der Waals surface area contributed by atoms with Gasteiger partial charge in [0.1, 0.15) is 17.2 Å². The van der Waals surface area contributed by atoms with Gasteiger partial charge in [0.05, 0.1) is 5.02 Å². The molecule has 4 aromatic rings. The van der Waals surface area contributed by atoms with E-state index in [1.54, 1.807) is 12.1 Å². The Bertz CT molecular complexity index is 1420. The van der Waals surface area contributed by atoms with Gasteiger partial charge in [0, 0.05) is 18.2 Å². The second-order valence-corrected chi connectivity index (χ2v) is 9.19. The number of carboxylic acid groups (broad SMARTS) is 1. The molecule has 2 heterocycles. The summed E-state index contributed by atoms with van der Waals surface area (Å²) in [5.41, 5.74) is 3.54. The standard InChI is InChI=1S/C25H23ClFN5O2/c1-13-4-3-5-17(10-13)24-31-22-20(32(24)12-15-6-9-19(27)18(26)11-15)21(28-14(2)16-7-8-16)29-23(30-22)25(33)34/h3-6,9-11,14,16H,7-8,12H2,1-2H3,(H,33,34)(H,28,29,30). The van der Waals surface area contributed by atoms with Crippen LogP contribution in [0.2, 0.25) is 5.02 Å². The van der Waals surface area contributed by atoms with Crippen LogP contribution < -0.4 is 5.32 Å². The van der Waals surface area contributed by atoms with Crippen LogP contribution >= 0.6 is 11.6 Å². The van der Waals surface area contributed by atoms with Crippen molar-refractivity contribution in [3.8, 4) is 11.4 Å². The maximum atomic E-state index is 13.8. The highest BCUT2D eigenvalue weighted by Crippen LogP contribution is 2.36. The van der Waals surface area contributed by atoms with Crippen molar-refractivity contribution in [1.29, 1.82) is 0 Å². The van der Waals surface area contributed by atoms with Crippen molar-refractivity contribution in [2.75, 3.05) is 5.32 Å². The molecule has 1 aliphatic rings. The molecule has 0 amide bonds. The summed E-state index contributed by atoms with van der Waals surface area (Å²) in [6, 6.07) is 12.6. The summed E-state index contributed by atoms with van der Waals surface area (Å²) in [5.74, 6) is -0.486. The zero-order valence-electron chi connectivity index (χ0n) is 18.7. The van der Waals surface area contributed by atoms with Gasteiger partial charge in [0.2, 0.25) is 5.82 Å². The summed E-state index contributed by atoms with van der Waals surface area (Å²) in [4.78, 5) is 25.1. The number of nitrogens with zero attached hydrogens (tertiary/aromatic N) is 4. The first kappa shape index (κ1) is 22.3. The average molecular weight is 480 g/mol. The van der Waals surface area contributed by atoms with E-state index in [9.17, 15) is 14.3 Å². The summed E-state index contributed by atoms with van der Waals surface area (Å²) < 4.78 is 15.7. The molecule has 7 nitrogen and oxygen atoms in total. The lowest BCUT2D eigenvalue weighted by molar-refractivity contribution is 0.0684. The molecule has 0 spiro atoms. The SMILES string of the molecule is Cc1cccc(-c2nc3nc(C(=O)O)nc(NC(C)C4CC4)c3n2Cc2ccc(F)c(Cl)c2)c1. The number of benzene rings is 2. The van der Waals surface area contributed by atoms with Crippen molar-refractivity contribution < 1.29 is 14.3 Å². The van der Waals surface area contributed by atoms with Crippen LogP contribution in [0.15, 0.2) is 42.5 Å². The van der Waals surface area contributed by atoms with Crippen molar-refractivity contribution in [2.45, 2.75) is 39.3 Å². The third kappa shape index (κ3) is 4.33. The van der Waals surface area contributed by atoms with Gasteiger partial charge in [-0.05, 0) is 56.4 Å². The minimum Gasteiger partial charge on any atom is -0.475 e. The Labute approximate surface area is 200 Å². The Morgan fingerprint density at radius 2 is 2.03 bits per heavy atom. The van der Waals surface area contributed by atoms with Gasteiger partial charge in [-0.1, -0.05) is 41.4 Å². The maximum absolute atomic E-state index is 13.8. The lowest BCUT2D eigenvalue weighted by Crippen LogP contribution is -2.20. The first-order valence-electron chi connectivity index (χ1n) is 11.1. The summed E-state index contributed by atoms with van der Waals surface area (Å²) in [7, 11) is 0. The van der Waals surface area contributed by atoms with Crippen molar-refractivity contribution in [3.63, 3.8) is 0 Å². The van der Waals surface area contributed by atoms with Crippen molar-refractivity contribution in [2.24, 2.45) is 5.92 Å². The van der Waals surface area contributed by atoms with Crippen molar-refractivity contribution >= 4 is 34.6 Å². The highest BCUT2D eigenvalue weighted by atomic mass is 35.5. The number of halogens is 2. The Balaban J connectivity index is 1.74. The van der Waals surface area contributed by atoms with Gasteiger partial charge in [0.25, 0.3) is 0 Å². The number of hydrogen-bond acceptors (Lipinski definition) is 5. The highest BCUT2D eigenvalue weighted by Gasteiger charge is 2.30. The van der Waals surface area contributed by atoms with Gasteiger partial charge in [-0.3, -0.25) is 0 Å². The van der Waals surface area contributed by atoms with Crippen LogP contribution in [0.4, 0.5) is 10.2 Å². The van der Waals surface area contributed by atoms with Crippen LogP contribution in [-0.4, -0.2) is 36.6 Å². The van der Waals surface area contributed by atoms with E-state index in [1.807, 2.05) is 35.8 Å². The number of aromatic nitrogens is 4. The maximum Gasteiger partial charge on any atom is 0.374 e. The quantitative estimate of drug-likeness (QED) is 0.361. The molecule has 1 unspecified atom stereocenters.